The molecular formula is C5H9F4NO3. The van der Waals surface area contributed by atoms with E-state index in [0.717, 1.165) is 7.11 Å². The number of hydrogen-bond acceptors (Lipinski definition) is 4. The van der Waals surface area contributed by atoms with E-state index < -0.39 is 25.4 Å². The quantitative estimate of drug-likeness (QED) is 0.515. The first kappa shape index (κ1) is 12.6. The standard InChI is InChI=1S/C5H9F4NO3/c1-11-2-4(6,7)13-5(8,9)3-12-10/h2-3,10H2,1H3. The van der Waals surface area contributed by atoms with Crippen molar-refractivity contribution in [2.24, 2.45) is 5.90 Å². The summed E-state index contributed by atoms with van der Waals surface area (Å²) in [5, 5.41) is 0. The maximum Gasteiger partial charge on any atom is 0.385 e. The van der Waals surface area contributed by atoms with Gasteiger partial charge in [-0.1, -0.05) is 0 Å². The highest BCUT2D eigenvalue weighted by atomic mass is 19.3. The van der Waals surface area contributed by atoms with E-state index in [1.54, 1.807) is 0 Å². The third kappa shape index (κ3) is 5.75. The summed E-state index contributed by atoms with van der Waals surface area (Å²) < 4.78 is 56.3. The first-order chi connectivity index (χ1) is 5.83. The van der Waals surface area contributed by atoms with Gasteiger partial charge in [-0.15, -0.1) is 0 Å². The largest absolute Gasteiger partial charge is 0.385 e. The molecule has 0 amide bonds. The summed E-state index contributed by atoms with van der Waals surface area (Å²) >= 11 is 0. The Labute approximate surface area is 71.5 Å². The molecule has 0 fully saturated rings. The van der Waals surface area contributed by atoms with E-state index in [9.17, 15) is 17.6 Å². The molecule has 0 aliphatic heterocycles. The topological polar surface area (TPSA) is 53.7 Å². The summed E-state index contributed by atoms with van der Waals surface area (Å²) in [7, 11) is 0.925. The average molecular weight is 207 g/mol. The molecular weight excluding hydrogens is 198 g/mol. The van der Waals surface area contributed by atoms with Crippen LogP contribution in [0.5, 0.6) is 0 Å². The molecule has 8 heteroatoms. The lowest BCUT2D eigenvalue weighted by Gasteiger charge is -2.21. The van der Waals surface area contributed by atoms with Crippen LogP contribution in [0, 0.1) is 0 Å². The molecule has 0 radical (unpaired) electrons. The Bertz CT molecular complexity index is 139. The Kier molecular flexibility index (Phi) is 4.54. The monoisotopic (exact) mass is 207 g/mol. The van der Waals surface area contributed by atoms with Gasteiger partial charge in [-0.2, -0.15) is 17.6 Å². The molecule has 0 bridgehead atoms. The summed E-state index contributed by atoms with van der Waals surface area (Å²) in [4.78, 5) is 3.48. The van der Waals surface area contributed by atoms with Crippen LogP contribution in [0.25, 0.3) is 0 Å². The number of hydrogen-bond donors (Lipinski definition) is 1. The number of ether oxygens (including phenoxy) is 2. The average Bonchev–Trinajstić information content (AvgIpc) is 1.82. The highest BCUT2D eigenvalue weighted by molar-refractivity contribution is 4.57. The van der Waals surface area contributed by atoms with Crippen molar-refractivity contribution in [2.75, 3.05) is 20.3 Å². The molecule has 0 spiro atoms. The van der Waals surface area contributed by atoms with Gasteiger partial charge in [-0.25, -0.2) is 5.90 Å². The molecule has 0 aliphatic carbocycles. The number of nitrogens with two attached hydrogens (primary N) is 1. The molecule has 0 unspecified atom stereocenters. The predicted octanol–water partition coefficient (Wildman–Crippen LogP) is 0.725. The minimum Gasteiger partial charge on any atom is -0.376 e. The molecule has 2 N–H and O–H groups in total. The van der Waals surface area contributed by atoms with Crippen LogP contribution in [-0.2, 0) is 14.3 Å². The molecule has 13 heavy (non-hydrogen) atoms. The van der Waals surface area contributed by atoms with Crippen molar-refractivity contribution in [3.63, 3.8) is 0 Å². The van der Waals surface area contributed by atoms with Crippen LogP contribution in [-0.4, -0.2) is 32.5 Å². The molecule has 0 aromatic carbocycles. The van der Waals surface area contributed by atoms with Crippen molar-refractivity contribution in [3.8, 4) is 0 Å². The van der Waals surface area contributed by atoms with Crippen LogP contribution in [0.4, 0.5) is 17.6 Å². The van der Waals surface area contributed by atoms with Gasteiger partial charge in [0.25, 0.3) is 0 Å². The highest BCUT2D eigenvalue weighted by Gasteiger charge is 2.44. The smallest absolute Gasteiger partial charge is 0.376 e. The van der Waals surface area contributed by atoms with Gasteiger partial charge in [0.1, 0.15) is 6.61 Å². The van der Waals surface area contributed by atoms with E-state index in [-0.39, 0.29) is 0 Å². The molecule has 0 saturated heterocycles. The van der Waals surface area contributed by atoms with Crippen molar-refractivity contribution in [3.05, 3.63) is 0 Å². The summed E-state index contributed by atoms with van der Waals surface area (Å²) in [5.74, 6) is 4.27. The van der Waals surface area contributed by atoms with E-state index >= 15 is 0 Å². The molecule has 4 nitrogen and oxygen atoms in total. The second kappa shape index (κ2) is 4.70. The lowest BCUT2D eigenvalue weighted by molar-refractivity contribution is -0.392. The van der Waals surface area contributed by atoms with Gasteiger partial charge in [0, 0.05) is 7.11 Å². The Hall–Kier alpha value is -0.440. The molecule has 0 aliphatic rings. The summed E-state index contributed by atoms with van der Waals surface area (Å²) in [6.07, 6.45) is -8.21. The van der Waals surface area contributed by atoms with E-state index in [1.807, 2.05) is 0 Å². The van der Waals surface area contributed by atoms with Crippen LogP contribution in [0.3, 0.4) is 0 Å². The first-order valence-electron chi connectivity index (χ1n) is 3.09. The van der Waals surface area contributed by atoms with Crippen molar-refractivity contribution >= 4 is 0 Å². The van der Waals surface area contributed by atoms with Crippen LogP contribution in [0.2, 0.25) is 0 Å². The van der Waals surface area contributed by atoms with Gasteiger partial charge in [0.2, 0.25) is 0 Å². The lowest BCUT2D eigenvalue weighted by atomic mass is 10.6. The van der Waals surface area contributed by atoms with Crippen molar-refractivity contribution in [1.29, 1.82) is 0 Å². The van der Waals surface area contributed by atoms with Crippen molar-refractivity contribution < 1.29 is 31.9 Å². The maximum atomic E-state index is 12.3. The highest BCUT2D eigenvalue weighted by Crippen LogP contribution is 2.26. The predicted molar refractivity (Wildman–Crippen MR) is 33.0 cm³/mol. The van der Waals surface area contributed by atoms with E-state index in [2.05, 4.69) is 20.2 Å². The summed E-state index contributed by atoms with van der Waals surface area (Å²) in [5.41, 5.74) is 0. The SMILES string of the molecule is COCC(F)(F)OC(F)(F)CON. The minimum absolute atomic E-state index is 0.925. The lowest BCUT2D eigenvalue weighted by Crippen LogP contribution is -2.39. The molecule has 0 rings (SSSR count). The van der Waals surface area contributed by atoms with Crippen LogP contribution >= 0.6 is 0 Å². The Morgan fingerprint density at radius 3 is 1.92 bits per heavy atom. The molecule has 0 saturated carbocycles. The number of rotatable bonds is 6. The molecule has 0 heterocycles. The van der Waals surface area contributed by atoms with Crippen LogP contribution < -0.4 is 5.90 Å². The Balaban J connectivity index is 4.07. The number of methoxy groups -OCH3 is 1. The molecule has 0 aromatic heterocycles. The van der Waals surface area contributed by atoms with Crippen LogP contribution in [0.1, 0.15) is 0 Å². The van der Waals surface area contributed by atoms with Crippen molar-refractivity contribution in [2.45, 2.75) is 12.2 Å². The zero-order chi connectivity index (χ0) is 10.5. The Morgan fingerprint density at radius 2 is 1.54 bits per heavy atom. The number of alkyl halides is 4. The number of halogens is 4. The van der Waals surface area contributed by atoms with E-state index in [0.29, 0.717) is 0 Å². The zero-order valence-corrected chi connectivity index (χ0v) is 6.73. The zero-order valence-electron chi connectivity index (χ0n) is 6.73. The fraction of sp³-hybridized carbons (Fsp3) is 1.00. The first-order valence-corrected chi connectivity index (χ1v) is 3.09. The molecule has 80 valence electrons. The van der Waals surface area contributed by atoms with E-state index in [1.165, 1.54) is 0 Å². The van der Waals surface area contributed by atoms with Crippen molar-refractivity contribution in [1.82, 2.24) is 0 Å². The summed E-state index contributed by atoms with van der Waals surface area (Å²) in [6, 6.07) is 0. The second-order valence-electron chi connectivity index (χ2n) is 2.12. The molecule has 0 atom stereocenters. The fourth-order valence-corrected chi connectivity index (χ4v) is 0.542. The van der Waals surface area contributed by atoms with Gasteiger partial charge < -0.3 is 4.74 Å². The van der Waals surface area contributed by atoms with Gasteiger partial charge in [0.15, 0.2) is 6.61 Å². The molecule has 0 aromatic rings. The summed E-state index contributed by atoms with van der Waals surface area (Å²) in [6.45, 7) is -2.72. The third-order valence-corrected chi connectivity index (χ3v) is 0.862. The van der Waals surface area contributed by atoms with E-state index in [4.69, 9.17) is 0 Å². The van der Waals surface area contributed by atoms with Gasteiger partial charge in [0.05, 0.1) is 0 Å². The fourth-order valence-electron chi connectivity index (χ4n) is 0.542. The third-order valence-electron chi connectivity index (χ3n) is 0.862. The van der Waals surface area contributed by atoms with Gasteiger partial charge >= 0.3 is 12.2 Å². The second-order valence-corrected chi connectivity index (χ2v) is 2.12. The van der Waals surface area contributed by atoms with Gasteiger partial charge in [-0.05, 0) is 0 Å². The van der Waals surface area contributed by atoms with Gasteiger partial charge in [-0.3, -0.25) is 9.57 Å². The maximum absolute atomic E-state index is 12.3. The normalized spacial score (nSPS) is 13.4. The van der Waals surface area contributed by atoms with Crippen LogP contribution in [0.15, 0.2) is 0 Å². The Morgan fingerprint density at radius 1 is 1.08 bits per heavy atom. The minimum atomic E-state index is -4.14.